The van der Waals surface area contributed by atoms with Crippen molar-refractivity contribution < 1.29 is 14.6 Å². The molecule has 0 heterocycles. The van der Waals surface area contributed by atoms with Crippen LogP contribution in [0.15, 0.2) is 42.5 Å². The van der Waals surface area contributed by atoms with Crippen LogP contribution < -0.4 is 0 Å². The van der Waals surface area contributed by atoms with E-state index in [1.807, 2.05) is 42.5 Å². The summed E-state index contributed by atoms with van der Waals surface area (Å²) in [5.74, 6) is -0.790. The molecule has 0 fully saturated rings. The van der Waals surface area contributed by atoms with Gasteiger partial charge in [0, 0.05) is 14.2 Å². The molecule has 0 unspecified atom stereocenters. The van der Waals surface area contributed by atoms with E-state index in [0.717, 1.165) is 16.3 Å². The van der Waals surface area contributed by atoms with Crippen molar-refractivity contribution in [1.29, 1.82) is 0 Å². The predicted octanol–water partition coefficient (Wildman–Crippen LogP) is 2.73. The standard InChI is InChI=1S/C12H10O2.C2H6O/c13-12(14)8-10-6-3-5-9-4-1-2-7-11(9)10;1-3-2/h1-7H,8H2,(H,13,14);1-2H3. The quantitative estimate of drug-likeness (QED) is 0.866. The van der Waals surface area contributed by atoms with Gasteiger partial charge in [0.25, 0.3) is 0 Å². The first-order chi connectivity index (χ1) is 8.19. The van der Waals surface area contributed by atoms with Crippen LogP contribution >= 0.6 is 0 Å². The Labute approximate surface area is 101 Å². The lowest BCUT2D eigenvalue weighted by atomic mass is 10.0. The molecule has 0 amide bonds. The van der Waals surface area contributed by atoms with Gasteiger partial charge in [0.1, 0.15) is 0 Å². The average molecular weight is 232 g/mol. The largest absolute Gasteiger partial charge is 0.481 e. The van der Waals surface area contributed by atoms with E-state index in [9.17, 15) is 4.79 Å². The van der Waals surface area contributed by atoms with Gasteiger partial charge in [-0.25, -0.2) is 0 Å². The maximum absolute atomic E-state index is 10.6. The Hall–Kier alpha value is -1.87. The zero-order valence-electron chi connectivity index (χ0n) is 10.0. The summed E-state index contributed by atoms with van der Waals surface area (Å²) in [5, 5.41) is 10.8. The number of hydrogen-bond donors (Lipinski definition) is 1. The number of hydrogen-bond acceptors (Lipinski definition) is 2. The Morgan fingerprint density at radius 1 is 1.12 bits per heavy atom. The van der Waals surface area contributed by atoms with Crippen molar-refractivity contribution in [3.05, 3.63) is 48.0 Å². The third kappa shape index (κ3) is 3.89. The summed E-state index contributed by atoms with van der Waals surface area (Å²) in [6.07, 6.45) is 0.0847. The molecule has 2 aromatic carbocycles. The Morgan fingerprint density at radius 2 is 1.71 bits per heavy atom. The van der Waals surface area contributed by atoms with Crippen LogP contribution in [0.25, 0.3) is 10.8 Å². The van der Waals surface area contributed by atoms with Gasteiger partial charge in [-0.05, 0) is 16.3 Å². The maximum Gasteiger partial charge on any atom is 0.307 e. The second-order valence-corrected chi connectivity index (χ2v) is 3.62. The van der Waals surface area contributed by atoms with Crippen molar-refractivity contribution in [1.82, 2.24) is 0 Å². The SMILES string of the molecule is COC.O=C(O)Cc1cccc2ccccc12. The first-order valence-corrected chi connectivity index (χ1v) is 5.27. The highest BCUT2D eigenvalue weighted by molar-refractivity contribution is 5.88. The van der Waals surface area contributed by atoms with Crippen molar-refractivity contribution in [2.24, 2.45) is 0 Å². The Balaban J connectivity index is 0.000000437. The number of benzene rings is 2. The molecule has 0 aromatic heterocycles. The third-order valence-corrected chi connectivity index (χ3v) is 2.22. The van der Waals surface area contributed by atoms with Crippen LogP contribution in [-0.2, 0) is 16.0 Å². The molecule has 0 bridgehead atoms. The van der Waals surface area contributed by atoms with Crippen molar-refractivity contribution in [2.75, 3.05) is 14.2 Å². The molecule has 90 valence electrons. The first-order valence-electron chi connectivity index (χ1n) is 5.27. The molecule has 0 radical (unpaired) electrons. The minimum atomic E-state index is -0.790. The molecular formula is C14H16O3. The predicted molar refractivity (Wildman–Crippen MR) is 68.2 cm³/mol. The topological polar surface area (TPSA) is 46.5 Å². The summed E-state index contributed by atoms with van der Waals surface area (Å²) < 4.78 is 4.25. The lowest BCUT2D eigenvalue weighted by Gasteiger charge is -2.02. The number of carboxylic acids is 1. The molecule has 2 rings (SSSR count). The van der Waals surface area contributed by atoms with Gasteiger partial charge in [-0.1, -0.05) is 42.5 Å². The second kappa shape index (κ2) is 6.66. The van der Waals surface area contributed by atoms with Gasteiger partial charge in [-0.2, -0.15) is 0 Å². The fraction of sp³-hybridized carbons (Fsp3) is 0.214. The fourth-order valence-corrected chi connectivity index (χ4v) is 1.61. The molecule has 3 nitrogen and oxygen atoms in total. The summed E-state index contributed by atoms with van der Waals surface area (Å²) >= 11 is 0. The maximum atomic E-state index is 10.6. The van der Waals surface area contributed by atoms with Crippen molar-refractivity contribution in [3.63, 3.8) is 0 Å². The van der Waals surface area contributed by atoms with Crippen LogP contribution in [0.3, 0.4) is 0 Å². The molecule has 17 heavy (non-hydrogen) atoms. The number of fused-ring (bicyclic) bond motifs is 1. The van der Waals surface area contributed by atoms with Gasteiger partial charge in [0.05, 0.1) is 6.42 Å². The van der Waals surface area contributed by atoms with Gasteiger partial charge in [-0.3, -0.25) is 4.79 Å². The molecular weight excluding hydrogens is 216 g/mol. The molecule has 0 aliphatic heterocycles. The highest BCUT2D eigenvalue weighted by Crippen LogP contribution is 2.18. The average Bonchev–Trinajstić information content (AvgIpc) is 2.30. The number of carbonyl (C=O) groups is 1. The van der Waals surface area contributed by atoms with Gasteiger partial charge in [-0.15, -0.1) is 0 Å². The van der Waals surface area contributed by atoms with Crippen LogP contribution in [0.5, 0.6) is 0 Å². The van der Waals surface area contributed by atoms with Crippen molar-refractivity contribution >= 4 is 16.7 Å². The summed E-state index contributed by atoms with van der Waals surface area (Å²) in [4.78, 5) is 10.6. The van der Waals surface area contributed by atoms with Crippen LogP contribution in [0.1, 0.15) is 5.56 Å². The van der Waals surface area contributed by atoms with Gasteiger partial charge in [0.2, 0.25) is 0 Å². The second-order valence-electron chi connectivity index (χ2n) is 3.62. The minimum Gasteiger partial charge on any atom is -0.481 e. The summed E-state index contributed by atoms with van der Waals surface area (Å²) in [6.45, 7) is 0. The van der Waals surface area contributed by atoms with Crippen LogP contribution in [0.4, 0.5) is 0 Å². The molecule has 0 aliphatic rings. The molecule has 0 aliphatic carbocycles. The number of aliphatic carboxylic acids is 1. The van der Waals surface area contributed by atoms with E-state index in [0.29, 0.717) is 0 Å². The summed E-state index contributed by atoms with van der Waals surface area (Å²) in [6, 6.07) is 13.5. The first kappa shape index (κ1) is 13.2. The highest BCUT2D eigenvalue weighted by atomic mass is 16.4. The zero-order chi connectivity index (χ0) is 12.7. The van der Waals surface area contributed by atoms with Crippen molar-refractivity contribution in [3.8, 4) is 0 Å². The van der Waals surface area contributed by atoms with E-state index >= 15 is 0 Å². The lowest BCUT2D eigenvalue weighted by molar-refractivity contribution is -0.136. The molecule has 2 aromatic rings. The fourth-order valence-electron chi connectivity index (χ4n) is 1.61. The number of methoxy groups -OCH3 is 1. The molecule has 3 heteroatoms. The van der Waals surface area contributed by atoms with E-state index in [1.165, 1.54) is 0 Å². The van der Waals surface area contributed by atoms with E-state index in [1.54, 1.807) is 14.2 Å². The van der Waals surface area contributed by atoms with E-state index in [-0.39, 0.29) is 6.42 Å². The number of rotatable bonds is 2. The third-order valence-electron chi connectivity index (χ3n) is 2.22. The highest BCUT2D eigenvalue weighted by Gasteiger charge is 2.03. The van der Waals surface area contributed by atoms with E-state index in [4.69, 9.17) is 5.11 Å². The summed E-state index contributed by atoms with van der Waals surface area (Å²) in [5.41, 5.74) is 0.871. The van der Waals surface area contributed by atoms with Crippen LogP contribution in [-0.4, -0.2) is 25.3 Å². The zero-order valence-corrected chi connectivity index (χ0v) is 10.0. The minimum absolute atomic E-state index is 0.0847. The monoisotopic (exact) mass is 232 g/mol. The molecule has 0 spiro atoms. The molecule has 1 N–H and O–H groups in total. The Kier molecular flexibility index (Phi) is 5.17. The van der Waals surface area contributed by atoms with E-state index in [2.05, 4.69) is 4.74 Å². The normalized spacial score (nSPS) is 9.53. The molecule has 0 atom stereocenters. The Morgan fingerprint density at radius 3 is 2.35 bits per heavy atom. The van der Waals surface area contributed by atoms with Gasteiger partial charge < -0.3 is 9.84 Å². The van der Waals surface area contributed by atoms with E-state index < -0.39 is 5.97 Å². The van der Waals surface area contributed by atoms with Crippen molar-refractivity contribution in [2.45, 2.75) is 6.42 Å². The molecule has 0 saturated carbocycles. The summed E-state index contributed by atoms with van der Waals surface area (Å²) in [7, 11) is 3.25. The van der Waals surface area contributed by atoms with Gasteiger partial charge in [0.15, 0.2) is 0 Å². The van der Waals surface area contributed by atoms with Gasteiger partial charge >= 0.3 is 5.97 Å². The van der Waals surface area contributed by atoms with Crippen LogP contribution in [0.2, 0.25) is 0 Å². The van der Waals surface area contributed by atoms with Crippen LogP contribution in [0, 0.1) is 0 Å². The number of ether oxygens (including phenoxy) is 1. The Bertz CT molecular complexity index is 486. The smallest absolute Gasteiger partial charge is 0.307 e. The number of carboxylic acid groups (broad SMARTS) is 1. The lowest BCUT2D eigenvalue weighted by Crippen LogP contribution is -2.00. The molecule has 0 saturated heterocycles.